The van der Waals surface area contributed by atoms with Gasteiger partial charge in [0.15, 0.2) is 5.65 Å². The number of carbonyl (C=O) groups is 1. The number of halogens is 4. The van der Waals surface area contributed by atoms with Gasteiger partial charge in [0.2, 0.25) is 5.91 Å². The Bertz CT molecular complexity index is 1140. The van der Waals surface area contributed by atoms with Crippen LogP contribution in [0.5, 0.6) is 0 Å². The quantitative estimate of drug-likeness (QED) is 0.595. The Morgan fingerprint density at radius 1 is 1.22 bits per heavy atom. The molecule has 1 amide bonds. The Morgan fingerprint density at radius 3 is 2.62 bits per heavy atom. The van der Waals surface area contributed by atoms with Crippen molar-refractivity contribution in [2.24, 2.45) is 5.92 Å². The third-order valence-electron chi connectivity index (χ3n) is 5.90. The van der Waals surface area contributed by atoms with Gasteiger partial charge in [-0.3, -0.25) is 14.3 Å². The molecule has 1 fully saturated rings. The largest absolute Gasteiger partial charge is 0.401 e. The van der Waals surface area contributed by atoms with E-state index in [9.17, 15) is 18.0 Å². The lowest BCUT2D eigenvalue weighted by atomic mass is 9.97. The van der Waals surface area contributed by atoms with Crippen LogP contribution in [0.4, 0.5) is 19.0 Å². The second kappa shape index (κ2) is 8.71. The summed E-state index contributed by atoms with van der Waals surface area (Å²) in [5.74, 6) is -0.495. The number of anilines is 1. The molecule has 170 valence electrons. The van der Waals surface area contributed by atoms with E-state index in [2.05, 4.69) is 15.3 Å². The Kier molecular flexibility index (Phi) is 6.13. The highest BCUT2D eigenvalue weighted by Gasteiger charge is 2.35. The summed E-state index contributed by atoms with van der Waals surface area (Å²) in [6.45, 7) is 3.28. The van der Waals surface area contributed by atoms with E-state index in [1.165, 1.54) is 11.2 Å². The second-order valence-corrected chi connectivity index (χ2v) is 8.56. The minimum atomic E-state index is -4.28. The number of aromatic nitrogens is 3. The number of nitrogens with zero attached hydrogens (tertiary/aromatic N) is 4. The summed E-state index contributed by atoms with van der Waals surface area (Å²) in [4.78, 5) is 22.9. The summed E-state index contributed by atoms with van der Waals surface area (Å²) in [5, 5.41) is 4.17. The van der Waals surface area contributed by atoms with Crippen LogP contribution in [0.1, 0.15) is 24.1 Å². The van der Waals surface area contributed by atoms with Crippen molar-refractivity contribution in [1.29, 1.82) is 0 Å². The Balaban J connectivity index is 1.62. The molecule has 3 aromatic rings. The van der Waals surface area contributed by atoms with Crippen molar-refractivity contribution in [3.63, 3.8) is 0 Å². The zero-order chi connectivity index (χ0) is 23.0. The summed E-state index contributed by atoms with van der Waals surface area (Å²) in [6, 6.07) is 7.34. The molecule has 32 heavy (non-hydrogen) atoms. The summed E-state index contributed by atoms with van der Waals surface area (Å²) in [7, 11) is 0. The molecular formula is C22H23ClF3N5O. The molecule has 1 N–H and O–H groups in total. The molecular weight excluding hydrogens is 443 g/mol. The van der Waals surface area contributed by atoms with Gasteiger partial charge in [-0.1, -0.05) is 11.6 Å². The number of piperidine rings is 1. The molecule has 1 aliphatic rings. The van der Waals surface area contributed by atoms with Crippen LogP contribution in [0.25, 0.3) is 16.7 Å². The third kappa shape index (κ3) is 4.59. The Hall–Kier alpha value is -2.65. The molecule has 1 aliphatic heterocycles. The highest BCUT2D eigenvalue weighted by Crippen LogP contribution is 2.32. The minimum Gasteiger partial charge on any atom is -0.310 e. The maximum Gasteiger partial charge on any atom is 0.401 e. The molecule has 0 radical (unpaired) electrons. The van der Waals surface area contributed by atoms with Crippen LogP contribution < -0.4 is 5.32 Å². The van der Waals surface area contributed by atoms with Crippen molar-refractivity contribution >= 4 is 34.4 Å². The minimum absolute atomic E-state index is 0.0728. The number of carbonyl (C=O) groups excluding carboxylic acids is 1. The van der Waals surface area contributed by atoms with Gasteiger partial charge >= 0.3 is 6.18 Å². The number of likely N-dealkylation sites (tertiary alicyclic amines) is 1. The van der Waals surface area contributed by atoms with Crippen molar-refractivity contribution in [2.75, 3.05) is 25.0 Å². The van der Waals surface area contributed by atoms with Gasteiger partial charge in [-0.2, -0.15) is 13.2 Å². The van der Waals surface area contributed by atoms with Gasteiger partial charge in [0.05, 0.1) is 17.8 Å². The van der Waals surface area contributed by atoms with Crippen molar-refractivity contribution in [3.05, 3.63) is 46.9 Å². The van der Waals surface area contributed by atoms with Crippen molar-refractivity contribution in [3.8, 4) is 5.69 Å². The molecule has 2 aromatic heterocycles. The fourth-order valence-corrected chi connectivity index (χ4v) is 4.41. The van der Waals surface area contributed by atoms with E-state index in [0.29, 0.717) is 41.3 Å². The predicted octanol–water partition coefficient (Wildman–Crippen LogP) is 4.90. The average molecular weight is 466 g/mol. The molecule has 4 rings (SSSR count). The predicted molar refractivity (Wildman–Crippen MR) is 117 cm³/mol. The number of alkyl halides is 3. The monoisotopic (exact) mass is 465 g/mol. The zero-order valence-electron chi connectivity index (χ0n) is 17.7. The number of benzene rings is 1. The van der Waals surface area contributed by atoms with Crippen LogP contribution in [0.3, 0.4) is 0 Å². The van der Waals surface area contributed by atoms with Gasteiger partial charge in [0, 0.05) is 22.9 Å². The van der Waals surface area contributed by atoms with Gasteiger partial charge < -0.3 is 5.32 Å². The van der Waals surface area contributed by atoms with Crippen molar-refractivity contribution in [1.82, 2.24) is 19.4 Å². The van der Waals surface area contributed by atoms with Crippen LogP contribution in [0.15, 0.2) is 30.6 Å². The molecule has 0 aliphatic carbocycles. The SMILES string of the molecule is Cc1c(C)n(-c2ccc(Cl)cc2)c2ncnc(NC(=O)C3CCCN(CC(F)(F)F)C3)c12. The van der Waals surface area contributed by atoms with Gasteiger partial charge in [-0.05, 0) is 63.1 Å². The number of rotatable bonds is 4. The lowest BCUT2D eigenvalue weighted by Crippen LogP contribution is -2.44. The highest BCUT2D eigenvalue weighted by molar-refractivity contribution is 6.30. The van der Waals surface area contributed by atoms with E-state index in [1.54, 1.807) is 12.1 Å². The first-order chi connectivity index (χ1) is 15.1. The lowest BCUT2D eigenvalue weighted by Gasteiger charge is -2.32. The molecule has 3 heterocycles. The first-order valence-electron chi connectivity index (χ1n) is 10.3. The molecule has 0 saturated carbocycles. The highest BCUT2D eigenvalue weighted by atomic mass is 35.5. The van der Waals surface area contributed by atoms with Crippen LogP contribution in [0.2, 0.25) is 5.02 Å². The standard InChI is InChI=1S/C22H23ClF3N5O/c1-13-14(2)31(17-7-5-16(23)6-8-17)20-18(13)19(27-12-28-20)29-21(32)15-4-3-9-30(10-15)11-22(24,25)26/h5-8,12,15H,3-4,9-11H2,1-2H3,(H,27,28,29,32). The van der Waals surface area contributed by atoms with E-state index in [1.807, 2.05) is 30.5 Å². The topological polar surface area (TPSA) is 63.1 Å². The average Bonchev–Trinajstić information content (AvgIpc) is 2.99. The Labute approximate surface area is 188 Å². The van der Waals surface area contributed by atoms with Crippen LogP contribution in [-0.2, 0) is 4.79 Å². The van der Waals surface area contributed by atoms with Crippen LogP contribution >= 0.6 is 11.6 Å². The number of nitrogens with one attached hydrogen (secondary N) is 1. The van der Waals surface area contributed by atoms with Crippen LogP contribution in [0, 0.1) is 19.8 Å². The molecule has 1 unspecified atom stereocenters. The molecule has 1 aromatic carbocycles. The number of fused-ring (bicyclic) bond motifs is 1. The van der Waals surface area contributed by atoms with Gasteiger partial charge in [-0.15, -0.1) is 0 Å². The number of amides is 1. The first-order valence-corrected chi connectivity index (χ1v) is 10.7. The molecule has 6 nitrogen and oxygen atoms in total. The van der Waals surface area contributed by atoms with Gasteiger partial charge in [-0.25, -0.2) is 9.97 Å². The van der Waals surface area contributed by atoms with E-state index in [-0.39, 0.29) is 12.5 Å². The molecule has 10 heteroatoms. The molecule has 0 bridgehead atoms. The van der Waals surface area contributed by atoms with Crippen LogP contribution in [-0.4, -0.2) is 51.2 Å². The fraction of sp³-hybridized carbons (Fsp3) is 0.409. The smallest absolute Gasteiger partial charge is 0.310 e. The number of hydrogen-bond acceptors (Lipinski definition) is 4. The second-order valence-electron chi connectivity index (χ2n) is 8.12. The maximum absolute atomic E-state index is 12.9. The number of hydrogen-bond donors (Lipinski definition) is 1. The fourth-order valence-electron chi connectivity index (χ4n) is 4.28. The summed E-state index contributed by atoms with van der Waals surface area (Å²) in [6.07, 6.45) is -1.83. The lowest BCUT2D eigenvalue weighted by molar-refractivity contribution is -0.151. The summed E-state index contributed by atoms with van der Waals surface area (Å²) >= 11 is 6.02. The van der Waals surface area contributed by atoms with Crippen molar-refractivity contribution < 1.29 is 18.0 Å². The Morgan fingerprint density at radius 2 is 1.94 bits per heavy atom. The molecule has 1 atom stereocenters. The maximum atomic E-state index is 12.9. The first kappa shape index (κ1) is 22.5. The third-order valence-corrected chi connectivity index (χ3v) is 6.15. The normalized spacial score (nSPS) is 17.6. The number of aryl methyl sites for hydroxylation is 1. The van der Waals surface area contributed by atoms with Gasteiger partial charge in [0.25, 0.3) is 0 Å². The molecule has 0 spiro atoms. The molecule has 1 saturated heterocycles. The van der Waals surface area contributed by atoms with E-state index < -0.39 is 18.6 Å². The summed E-state index contributed by atoms with van der Waals surface area (Å²) in [5.41, 5.74) is 3.35. The van der Waals surface area contributed by atoms with Crippen molar-refractivity contribution in [2.45, 2.75) is 32.9 Å². The zero-order valence-corrected chi connectivity index (χ0v) is 18.5. The summed E-state index contributed by atoms with van der Waals surface area (Å²) < 4.78 is 40.3. The van der Waals surface area contributed by atoms with E-state index >= 15 is 0 Å². The van der Waals surface area contributed by atoms with Gasteiger partial charge in [0.1, 0.15) is 12.1 Å². The van der Waals surface area contributed by atoms with E-state index in [4.69, 9.17) is 11.6 Å². The van der Waals surface area contributed by atoms with E-state index in [0.717, 1.165) is 16.9 Å².